The van der Waals surface area contributed by atoms with Gasteiger partial charge in [-0.1, -0.05) is 49.7 Å². The SMILES string of the molecule is CC(C)c1ccccc1Oc1ccc(C2CCN(Cc3ncccc3Cl)C2)c(C=O)c1.Cl. The second kappa shape index (κ2) is 11.0. The Morgan fingerprint density at radius 1 is 1.19 bits per heavy atom. The van der Waals surface area contributed by atoms with Gasteiger partial charge in [0.15, 0.2) is 0 Å². The number of para-hydroxylation sites is 1. The van der Waals surface area contributed by atoms with Gasteiger partial charge in [0, 0.05) is 24.8 Å². The van der Waals surface area contributed by atoms with Gasteiger partial charge in [0.25, 0.3) is 0 Å². The molecular formula is C26H28Cl2N2O2. The van der Waals surface area contributed by atoms with Crippen LogP contribution >= 0.6 is 24.0 Å². The minimum atomic E-state index is 0. The van der Waals surface area contributed by atoms with E-state index < -0.39 is 0 Å². The molecule has 0 bridgehead atoms. The van der Waals surface area contributed by atoms with Gasteiger partial charge in [0.05, 0.1) is 10.7 Å². The van der Waals surface area contributed by atoms with Crippen molar-refractivity contribution in [1.29, 1.82) is 0 Å². The monoisotopic (exact) mass is 470 g/mol. The number of halogens is 2. The highest BCUT2D eigenvalue weighted by molar-refractivity contribution is 6.31. The summed E-state index contributed by atoms with van der Waals surface area (Å²) in [7, 11) is 0. The number of benzene rings is 2. The van der Waals surface area contributed by atoms with Crippen molar-refractivity contribution in [2.24, 2.45) is 0 Å². The molecule has 1 aliphatic heterocycles. The normalized spacial score (nSPS) is 16.1. The molecule has 1 aromatic heterocycles. The van der Waals surface area contributed by atoms with Gasteiger partial charge in [-0.3, -0.25) is 14.7 Å². The number of likely N-dealkylation sites (tertiary alicyclic amines) is 1. The highest BCUT2D eigenvalue weighted by atomic mass is 35.5. The zero-order valence-corrected chi connectivity index (χ0v) is 19.9. The standard InChI is InChI=1S/C26H27ClN2O2.ClH/c1-18(2)22-6-3-4-8-26(22)31-21-9-10-23(20(14-21)17-30)19-11-13-29(15-19)16-25-24(27)7-5-12-28-25;/h3-10,12,14,17-19H,11,13,15-16H2,1-2H3;1H. The third-order valence-electron chi connectivity index (χ3n) is 5.87. The van der Waals surface area contributed by atoms with Crippen molar-refractivity contribution in [3.63, 3.8) is 0 Å². The van der Waals surface area contributed by atoms with Crippen LogP contribution in [0.1, 0.15) is 59.3 Å². The Morgan fingerprint density at radius 3 is 2.75 bits per heavy atom. The summed E-state index contributed by atoms with van der Waals surface area (Å²) in [5.74, 6) is 2.19. The van der Waals surface area contributed by atoms with Crippen LogP contribution in [0.25, 0.3) is 0 Å². The van der Waals surface area contributed by atoms with Crippen LogP contribution < -0.4 is 4.74 Å². The first-order valence-electron chi connectivity index (χ1n) is 10.7. The number of ether oxygens (including phenoxy) is 1. The van der Waals surface area contributed by atoms with Crippen LogP contribution in [0, 0.1) is 0 Å². The van der Waals surface area contributed by atoms with E-state index in [4.69, 9.17) is 16.3 Å². The fourth-order valence-electron chi connectivity index (χ4n) is 4.24. The average Bonchev–Trinajstić information content (AvgIpc) is 3.24. The highest BCUT2D eigenvalue weighted by Gasteiger charge is 2.26. The fraction of sp³-hybridized carbons (Fsp3) is 0.308. The van der Waals surface area contributed by atoms with Crippen molar-refractivity contribution in [2.75, 3.05) is 13.1 Å². The number of nitrogens with zero attached hydrogens (tertiary/aromatic N) is 2. The summed E-state index contributed by atoms with van der Waals surface area (Å²) in [5.41, 5.74) is 3.82. The number of hydrogen-bond donors (Lipinski definition) is 0. The Balaban J connectivity index is 0.00000289. The number of carbonyl (C=O) groups excluding carboxylic acids is 1. The second-order valence-electron chi connectivity index (χ2n) is 8.36. The van der Waals surface area contributed by atoms with Gasteiger partial charge in [-0.15, -0.1) is 12.4 Å². The highest BCUT2D eigenvalue weighted by Crippen LogP contribution is 2.35. The number of carbonyl (C=O) groups is 1. The van der Waals surface area contributed by atoms with Crippen LogP contribution in [0.3, 0.4) is 0 Å². The van der Waals surface area contributed by atoms with Gasteiger partial charge in [0.1, 0.15) is 17.8 Å². The first-order chi connectivity index (χ1) is 15.0. The van der Waals surface area contributed by atoms with E-state index in [0.717, 1.165) is 54.9 Å². The number of hydrogen-bond acceptors (Lipinski definition) is 4. The van der Waals surface area contributed by atoms with E-state index in [0.29, 0.717) is 28.2 Å². The summed E-state index contributed by atoms with van der Waals surface area (Å²) >= 11 is 6.27. The lowest BCUT2D eigenvalue weighted by molar-refractivity contribution is 0.112. The molecule has 1 atom stereocenters. The molecule has 6 heteroatoms. The summed E-state index contributed by atoms with van der Waals surface area (Å²) in [5, 5.41) is 0.697. The van der Waals surface area contributed by atoms with E-state index in [1.165, 1.54) is 0 Å². The van der Waals surface area contributed by atoms with E-state index in [1.54, 1.807) is 6.20 Å². The zero-order valence-electron chi connectivity index (χ0n) is 18.3. The van der Waals surface area contributed by atoms with E-state index in [1.807, 2.05) is 48.5 Å². The van der Waals surface area contributed by atoms with Crippen molar-refractivity contribution in [1.82, 2.24) is 9.88 Å². The molecule has 0 N–H and O–H groups in total. The first kappa shape index (κ1) is 24.2. The lowest BCUT2D eigenvalue weighted by atomic mass is 9.94. The predicted octanol–water partition coefficient (Wildman–Crippen LogP) is 6.87. The zero-order chi connectivity index (χ0) is 21.8. The molecule has 2 aromatic carbocycles. The molecule has 1 aliphatic rings. The van der Waals surface area contributed by atoms with Crippen molar-refractivity contribution in [3.05, 3.63) is 88.2 Å². The molecule has 0 saturated carbocycles. The second-order valence-corrected chi connectivity index (χ2v) is 8.76. The van der Waals surface area contributed by atoms with Crippen molar-refractivity contribution < 1.29 is 9.53 Å². The maximum Gasteiger partial charge on any atom is 0.150 e. The molecule has 32 heavy (non-hydrogen) atoms. The molecular weight excluding hydrogens is 443 g/mol. The van der Waals surface area contributed by atoms with Crippen molar-refractivity contribution >= 4 is 30.3 Å². The summed E-state index contributed by atoms with van der Waals surface area (Å²) in [6, 6.07) is 17.6. The summed E-state index contributed by atoms with van der Waals surface area (Å²) < 4.78 is 6.15. The van der Waals surface area contributed by atoms with Crippen molar-refractivity contribution in [3.8, 4) is 11.5 Å². The molecule has 2 heterocycles. The van der Waals surface area contributed by atoms with E-state index >= 15 is 0 Å². The fourth-order valence-corrected chi connectivity index (χ4v) is 4.43. The third kappa shape index (κ3) is 5.50. The van der Waals surface area contributed by atoms with E-state index in [-0.39, 0.29) is 12.4 Å². The minimum Gasteiger partial charge on any atom is -0.457 e. The predicted molar refractivity (Wildman–Crippen MR) is 132 cm³/mol. The summed E-state index contributed by atoms with van der Waals surface area (Å²) in [6.07, 6.45) is 3.71. The Hall–Kier alpha value is -2.40. The number of rotatable bonds is 7. The van der Waals surface area contributed by atoms with Gasteiger partial charge in [-0.2, -0.15) is 0 Å². The Bertz CT molecular complexity index is 1070. The number of pyridine rings is 1. The van der Waals surface area contributed by atoms with Gasteiger partial charge in [0.2, 0.25) is 0 Å². The topological polar surface area (TPSA) is 42.4 Å². The van der Waals surface area contributed by atoms with Crippen molar-refractivity contribution in [2.45, 2.75) is 38.6 Å². The third-order valence-corrected chi connectivity index (χ3v) is 6.22. The minimum absolute atomic E-state index is 0. The molecule has 0 aliphatic carbocycles. The van der Waals surface area contributed by atoms with Crippen LogP contribution in [0.4, 0.5) is 0 Å². The van der Waals surface area contributed by atoms with Crippen LogP contribution in [0.15, 0.2) is 60.8 Å². The Labute approximate surface area is 201 Å². The van der Waals surface area contributed by atoms with Gasteiger partial charge >= 0.3 is 0 Å². The molecule has 1 unspecified atom stereocenters. The lowest BCUT2D eigenvalue weighted by Gasteiger charge is -2.18. The molecule has 4 rings (SSSR count). The number of aldehydes is 1. The van der Waals surface area contributed by atoms with Crippen LogP contribution in [0.5, 0.6) is 11.5 Å². The lowest BCUT2D eigenvalue weighted by Crippen LogP contribution is -2.20. The molecule has 1 saturated heterocycles. The number of aromatic nitrogens is 1. The molecule has 3 aromatic rings. The van der Waals surface area contributed by atoms with Crippen LogP contribution in [-0.2, 0) is 6.54 Å². The summed E-state index contributed by atoms with van der Waals surface area (Å²) in [6.45, 7) is 6.85. The maximum atomic E-state index is 11.9. The Morgan fingerprint density at radius 2 is 2.00 bits per heavy atom. The van der Waals surface area contributed by atoms with Gasteiger partial charge < -0.3 is 4.74 Å². The molecule has 4 nitrogen and oxygen atoms in total. The van der Waals surface area contributed by atoms with Crippen LogP contribution in [-0.4, -0.2) is 29.3 Å². The first-order valence-corrected chi connectivity index (χ1v) is 11.1. The summed E-state index contributed by atoms with van der Waals surface area (Å²) in [4.78, 5) is 18.6. The molecule has 0 spiro atoms. The van der Waals surface area contributed by atoms with Gasteiger partial charge in [-0.25, -0.2) is 0 Å². The average molecular weight is 471 g/mol. The molecule has 0 radical (unpaired) electrons. The molecule has 168 valence electrons. The largest absolute Gasteiger partial charge is 0.457 e. The smallest absolute Gasteiger partial charge is 0.150 e. The molecule has 1 fully saturated rings. The van der Waals surface area contributed by atoms with Gasteiger partial charge in [-0.05, 0) is 66.3 Å². The van der Waals surface area contributed by atoms with E-state index in [2.05, 4.69) is 29.8 Å². The van der Waals surface area contributed by atoms with Crippen LogP contribution in [0.2, 0.25) is 5.02 Å². The Kier molecular flexibility index (Phi) is 8.30. The molecule has 0 amide bonds. The maximum absolute atomic E-state index is 11.9. The van der Waals surface area contributed by atoms with E-state index in [9.17, 15) is 4.79 Å². The quantitative estimate of drug-likeness (QED) is 0.353.